The molecule has 4 rings (SSSR count). The molecule has 4 aromatic rings. The monoisotopic (exact) mass is 530 g/mol. The van der Waals surface area contributed by atoms with Crippen LogP contribution in [-0.2, 0) is 17.4 Å². The Kier molecular flexibility index (Phi) is 7.45. The number of nitrogens with zero attached hydrogens (tertiary/aromatic N) is 2. The van der Waals surface area contributed by atoms with Crippen LogP contribution in [0.3, 0.4) is 0 Å². The molecule has 194 valence electrons. The van der Waals surface area contributed by atoms with E-state index in [1.165, 1.54) is 13.8 Å². The molecule has 0 spiro atoms. The number of aromatic nitrogens is 3. The Morgan fingerprint density at radius 1 is 1.11 bits per heavy atom. The van der Waals surface area contributed by atoms with Crippen LogP contribution in [-0.4, -0.2) is 32.5 Å². The number of hydrogen-bond donors (Lipinski definition) is 2. The Morgan fingerprint density at radius 3 is 2.49 bits per heavy atom. The van der Waals surface area contributed by atoms with Crippen molar-refractivity contribution in [2.24, 2.45) is 0 Å². The predicted molar refractivity (Wildman–Crippen MR) is 136 cm³/mol. The maximum Gasteiger partial charge on any atom is 0.417 e. The van der Waals surface area contributed by atoms with Gasteiger partial charge in [-0.3, -0.25) is 9.78 Å². The molecule has 10 heteroatoms. The quantitative estimate of drug-likeness (QED) is 0.279. The number of pyridine rings is 2. The second kappa shape index (κ2) is 10.4. The fraction of sp³-hybridized carbons (Fsp3) is 0.296. The average Bonchev–Trinajstić information content (AvgIpc) is 3.27. The minimum atomic E-state index is -4.51. The first-order valence-corrected chi connectivity index (χ1v) is 12.0. The third kappa shape index (κ3) is 6.22. The van der Waals surface area contributed by atoms with Crippen molar-refractivity contribution in [1.29, 1.82) is 0 Å². The molecule has 6 nitrogen and oxygen atoms in total. The van der Waals surface area contributed by atoms with Gasteiger partial charge in [0.15, 0.2) is 5.60 Å². The number of rotatable bonds is 8. The molecular formula is C27H26ClF3N4O2. The molecule has 37 heavy (non-hydrogen) atoms. The summed E-state index contributed by atoms with van der Waals surface area (Å²) in [4.78, 5) is 24.8. The molecule has 0 bridgehead atoms. The first-order valence-electron chi connectivity index (χ1n) is 11.6. The molecule has 1 amide bonds. The molecule has 2 unspecified atom stereocenters. The number of amides is 1. The number of fused-ring (bicyclic) bond motifs is 1. The number of ether oxygens (including phenoxy) is 1. The van der Waals surface area contributed by atoms with Crippen LogP contribution in [0, 0.1) is 0 Å². The van der Waals surface area contributed by atoms with Crippen LogP contribution in [0.1, 0.15) is 43.5 Å². The number of H-pyrrole nitrogens is 1. The Morgan fingerprint density at radius 2 is 1.84 bits per heavy atom. The first kappa shape index (κ1) is 26.5. The van der Waals surface area contributed by atoms with Gasteiger partial charge in [0, 0.05) is 52.7 Å². The van der Waals surface area contributed by atoms with Gasteiger partial charge in [0.25, 0.3) is 5.91 Å². The minimum Gasteiger partial charge on any atom is -0.462 e. The van der Waals surface area contributed by atoms with Gasteiger partial charge in [-0.1, -0.05) is 23.7 Å². The lowest BCUT2D eigenvalue weighted by molar-refractivity contribution is -0.138. The van der Waals surface area contributed by atoms with E-state index in [0.717, 1.165) is 34.3 Å². The third-order valence-electron chi connectivity index (χ3n) is 6.15. The van der Waals surface area contributed by atoms with Gasteiger partial charge in [-0.2, -0.15) is 13.2 Å². The van der Waals surface area contributed by atoms with Gasteiger partial charge in [-0.05, 0) is 63.1 Å². The molecule has 3 heterocycles. The molecule has 0 aliphatic heterocycles. The summed E-state index contributed by atoms with van der Waals surface area (Å²) in [5, 5.41) is 4.60. The number of carbonyl (C=O) groups excluding carboxylic acids is 1. The average molecular weight is 531 g/mol. The number of halogens is 4. The van der Waals surface area contributed by atoms with Gasteiger partial charge in [-0.25, -0.2) is 4.98 Å². The van der Waals surface area contributed by atoms with Gasteiger partial charge in [0.1, 0.15) is 0 Å². The number of benzene rings is 1. The van der Waals surface area contributed by atoms with Crippen LogP contribution >= 0.6 is 11.6 Å². The van der Waals surface area contributed by atoms with E-state index in [2.05, 4.69) is 20.3 Å². The molecule has 0 aliphatic rings. The Bertz CT molecular complexity index is 1370. The zero-order chi connectivity index (χ0) is 26.8. The lowest BCUT2D eigenvalue weighted by Gasteiger charge is -2.30. The van der Waals surface area contributed by atoms with Crippen molar-refractivity contribution in [3.05, 3.63) is 89.0 Å². The maximum atomic E-state index is 13.3. The zero-order valence-electron chi connectivity index (χ0n) is 20.4. The summed E-state index contributed by atoms with van der Waals surface area (Å²) in [6, 6.07) is 12.9. The Hall–Kier alpha value is -3.59. The van der Waals surface area contributed by atoms with Gasteiger partial charge in [0.2, 0.25) is 5.88 Å². The van der Waals surface area contributed by atoms with Crippen LogP contribution < -0.4 is 10.1 Å². The molecule has 2 atom stereocenters. The van der Waals surface area contributed by atoms with Crippen molar-refractivity contribution < 1.29 is 22.7 Å². The van der Waals surface area contributed by atoms with Crippen molar-refractivity contribution in [3.8, 4) is 5.88 Å². The third-order valence-corrected chi connectivity index (χ3v) is 6.40. The highest BCUT2D eigenvalue weighted by molar-refractivity contribution is 6.30. The highest BCUT2D eigenvalue weighted by Gasteiger charge is 2.35. The summed E-state index contributed by atoms with van der Waals surface area (Å²) in [6.45, 7) is 4.96. The summed E-state index contributed by atoms with van der Waals surface area (Å²) in [5.41, 5.74) is 0.418. The number of aromatic amines is 1. The number of alkyl halides is 3. The topological polar surface area (TPSA) is 79.9 Å². The summed E-state index contributed by atoms with van der Waals surface area (Å²) < 4.78 is 44.2. The minimum absolute atomic E-state index is 0.0851. The van der Waals surface area contributed by atoms with E-state index in [-0.39, 0.29) is 17.8 Å². The number of hydrogen-bond acceptors (Lipinski definition) is 4. The van der Waals surface area contributed by atoms with E-state index >= 15 is 0 Å². The highest BCUT2D eigenvalue weighted by Crippen LogP contribution is 2.31. The Balaban J connectivity index is 1.55. The molecule has 0 aliphatic carbocycles. The van der Waals surface area contributed by atoms with Crippen molar-refractivity contribution in [3.63, 3.8) is 0 Å². The predicted octanol–water partition coefficient (Wildman–Crippen LogP) is 6.32. The molecule has 3 aromatic heterocycles. The van der Waals surface area contributed by atoms with E-state index in [0.29, 0.717) is 17.6 Å². The van der Waals surface area contributed by atoms with Crippen molar-refractivity contribution in [1.82, 2.24) is 20.3 Å². The largest absolute Gasteiger partial charge is 0.462 e. The lowest BCUT2D eigenvalue weighted by atomic mass is 9.89. The number of nitrogens with one attached hydrogen (secondary N) is 2. The highest BCUT2D eigenvalue weighted by atomic mass is 35.5. The molecular weight excluding hydrogens is 505 g/mol. The van der Waals surface area contributed by atoms with Gasteiger partial charge in [-0.15, -0.1) is 0 Å². The maximum absolute atomic E-state index is 13.3. The first-order chi connectivity index (χ1) is 17.4. The van der Waals surface area contributed by atoms with E-state index in [9.17, 15) is 18.0 Å². The fourth-order valence-electron chi connectivity index (χ4n) is 4.07. The second-order valence-corrected chi connectivity index (χ2v) is 9.77. The van der Waals surface area contributed by atoms with Gasteiger partial charge >= 0.3 is 6.18 Å². The normalized spacial score (nSPS) is 13.8. The van der Waals surface area contributed by atoms with E-state index < -0.39 is 23.2 Å². The molecule has 0 saturated carbocycles. The zero-order valence-corrected chi connectivity index (χ0v) is 21.2. The number of carbonyl (C=O) groups is 1. The van der Waals surface area contributed by atoms with Crippen molar-refractivity contribution in [2.75, 3.05) is 0 Å². The summed E-state index contributed by atoms with van der Waals surface area (Å²) >= 11 is 6.06. The standard InChI is InChI=1S/C27H26ClF3N4O2/c1-16(35-25(36)26(2,3)37-22-11-8-19(15-33-22)27(29,30)31)21(13-17-6-9-20(28)10-7-17)24-23-18(14-34-24)5-4-12-32-23/h4-12,14-16,21,34H,13H2,1-3H3,(H,35,36). The van der Waals surface area contributed by atoms with Gasteiger partial charge in [0.05, 0.1) is 11.1 Å². The SMILES string of the molecule is CC(NC(=O)C(C)(C)Oc1ccc(C(F)(F)F)cn1)C(Cc1ccc(Cl)cc1)c1[nH]cc2cccnc12. The van der Waals surface area contributed by atoms with E-state index in [1.807, 2.05) is 49.5 Å². The Labute approximate surface area is 217 Å². The second-order valence-electron chi connectivity index (χ2n) is 9.34. The van der Waals surface area contributed by atoms with Crippen LogP contribution in [0.15, 0.2) is 67.1 Å². The summed E-state index contributed by atoms with van der Waals surface area (Å²) in [7, 11) is 0. The van der Waals surface area contributed by atoms with Gasteiger partial charge < -0.3 is 15.0 Å². The lowest BCUT2D eigenvalue weighted by Crippen LogP contribution is -2.51. The molecule has 1 aromatic carbocycles. The molecule has 0 fully saturated rings. The molecule has 2 N–H and O–H groups in total. The van der Waals surface area contributed by atoms with Crippen LogP contribution in [0.5, 0.6) is 5.88 Å². The van der Waals surface area contributed by atoms with Crippen LogP contribution in [0.25, 0.3) is 10.9 Å². The van der Waals surface area contributed by atoms with E-state index in [1.54, 1.807) is 6.20 Å². The smallest absolute Gasteiger partial charge is 0.417 e. The van der Waals surface area contributed by atoms with Crippen LogP contribution in [0.4, 0.5) is 13.2 Å². The van der Waals surface area contributed by atoms with Crippen molar-refractivity contribution >= 4 is 28.4 Å². The van der Waals surface area contributed by atoms with E-state index in [4.69, 9.17) is 16.3 Å². The summed E-state index contributed by atoms with van der Waals surface area (Å²) in [6.07, 6.45) is 0.356. The van der Waals surface area contributed by atoms with Crippen LogP contribution in [0.2, 0.25) is 5.02 Å². The summed E-state index contributed by atoms with van der Waals surface area (Å²) in [5.74, 6) is -0.706. The molecule has 0 saturated heterocycles. The fourth-order valence-corrected chi connectivity index (χ4v) is 4.19. The van der Waals surface area contributed by atoms with Crippen molar-refractivity contribution in [2.45, 2.75) is 50.9 Å². The molecule has 0 radical (unpaired) electrons.